The minimum Gasteiger partial charge on any atom is -0.505 e. The van der Waals surface area contributed by atoms with Crippen molar-refractivity contribution in [1.82, 2.24) is 9.55 Å². The molecule has 0 amide bonds. The highest BCUT2D eigenvalue weighted by Crippen LogP contribution is 2.45. The Kier molecular flexibility index (Phi) is 4.05. The third kappa shape index (κ3) is 2.46. The number of pyridine rings is 2. The van der Waals surface area contributed by atoms with Crippen molar-refractivity contribution >= 4 is 22.8 Å². The van der Waals surface area contributed by atoms with Crippen molar-refractivity contribution in [3.05, 3.63) is 56.1 Å². The average Bonchev–Trinajstić information content (AvgIpc) is 3.19. The number of hydrogen-bond donors (Lipinski definition) is 3. The van der Waals surface area contributed by atoms with E-state index in [9.17, 15) is 34.1 Å². The van der Waals surface area contributed by atoms with Gasteiger partial charge in [0, 0.05) is 28.1 Å². The maximum atomic E-state index is 14.5. The number of fused-ring (bicyclic) bond motifs is 5. The number of phenolic OH excluding ortho intramolecular Hbond substituents is 1. The summed E-state index contributed by atoms with van der Waals surface area (Å²) in [6.45, 7) is 1.43. The predicted molar refractivity (Wildman–Crippen MR) is 115 cm³/mol. The van der Waals surface area contributed by atoms with E-state index in [2.05, 4.69) is 4.98 Å². The lowest BCUT2D eigenvalue weighted by atomic mass is 9.80. The number of esters is 1. The number of hydrogen-bond acceptors (Lipinski definition) is 7. The number of carboxylic acids is 1. The maximum Gasteiger partial charge on any atom is 0.343 e. The molecule has 0 spiro atoms. The number of halogens is 1. The van der Waals surface area contributed by atoms with Crippen molar-refractivity contribution in [3.63, 3.8) is 0 Å². The molecule has 4 heterocycles. The van der Waals surface area contributed by atoms with Crippen LogP contribution < -0.4 is 5.56 Å². The number of aliphatic carboxylic acids is 1. The molecule has 174 valence electrons. The molecule has 3 aliphatic rings. The lowest BCUT2D eigenvalue weighted by Crippen LogP contribution is -2.44. The molecule has 0 radical (unpaired) electrons. The molecule has 0 saturated heterocycles. The van der Waals surface area contributed by atoms with Crippen LogP contribution in [0.25, 0.3) is 22.3 Å². The molecule has 6 rings (SSSR count). The van der Waals surface area contributed by atoms with Crippen molar-refractivity contribution in [1.29, 1.82) is 0 Å². The van der Waals surface area contributed by atoms with Crippen molar-refractivity contribution in [2.75, 3.05) is 0 Å². The molecule has 2 aromatic heterocycles. The van der Waals surface area contributed by atoms with Crippen LogP contribution in [-0.4, -0.2) is 36.8 Å². The monoisotopic (exact) mass is 466 g/mol. The van der Waals surface area contributed by atoms with E-state index >= 15 is 0 Å². The Hall–Kier alpha value is -3.79. The van der Waals surface area contributed by atoms with Crippen LogP contribution in [-0.2, 0) is 45.9 Å². The highest BCUT2D eigenvalue weighted by Gasteiger charge is 2.46. The number of aromatic nitrogens is 2. The Morgan fingerprint density at radius 3 is 2.68 bits per heavy atom. The molecule has 34 heavy (non-hydrogen) atoms. The zero-order chi connectivity index (χ0) is 24.1. The molecule has 0 bridgehead atoms. The van der Waals surface area contributed by atoms with Crippen LogP contribution >= 0.6 is 0 Å². The molecule has 1 aromatic carbocycles. The first-order valence-electron chi connectivity index (χ1n) is 10.9. The number of cyclic esters (lactones) is 1. The molecule has 1 aliphatic carbocycles. The highest BCUT2D eigenvalue weighted by molar-refractivity contribution is 5.94. The molecule has 2 atom stereocenters. The maximum absolute atomic E-state index is 14.5. The number of nitrogens with zero attached hydrogens (tertiary/aromatic N) is 2. The number of aromatic hydroxyl groups is 1. The van der Waals surface area contributed by atoms with Crippen LogP contribution in [0.15, 0.2) is 16.9 Å². The summed E-state index contributed by atoms with van der Waals surface area (Å²) >= 11 is 0. The number of carbonyl (C=O) groups is 2. The number of carboxylic acid groups (broad SMARTS) is 1. The van der Waals surface area contributed by atoms with Gasteiger partial charge in [-0.05, 0) is 30.9 Å². The summed E-state index contributed by atoms with van der Waals surface area (Å²) in [5.41, 5.74) is 0.274. The number of aliphatic hydroxyl groups is 1. The quantitative estimate of drug-likeness (QED) is 0.380. The second kappa shape index (κ2) is 6.63. The molecule has 3 N–H and O–H groups in total. The zero-order valence-electron chi connectivity index (χ0n) is 18.0. The van der Waals surface area contributed by atoms with Gasteiger partial charge in [0.1, 0.15) is 6.61 Å². The van der Waals surface area contributed by atoms with Gasteiger partial charge in [-0.2, -0.15) is 0 Å². The minimum absolute atomic E-state index is 0.000871. The number of ether oxygens (including phenoxy) is 1. The van der Waals surface area contributed by atoms with Crippen molar-refractivity contribution in [2.45, 2.75) is 44.9 Å². The van der Waals surface area contributed by atoms with Crippen LogP contribution in [0, 0.1) is 11.7 Å². The molecule has 0 fully saturated rings. The SMILES string of the molecule is CC[C@@]1(O)C(=O)OCc2c1cc1n(c2=O)Cc2c-1nc1cc(F)c(O)c3c1c2CC(C(=O)O)C3. The van der Waals surface area contributed by atoms with E-state index in [0.29, 0.717) is 27.9 Å². The number of phenols is 1. The van der Waals surface area contributed by atoms with Crippen LogP contribution in [0.4, 0.5) is 4.39 Å². The molecule has 9 nitrogen and oxygen atoms in total. The number of benzene rings is 1. The highest BCUT2D eigenvalue weighted by atomic mass is 19.1. The van der Waals surface area contributed by atoms with E-state index < -0.39 is 40.6 Å². The van der Waals surface area contributed by atoms with Gasteiger partial charge in [0.15, 0.2) is 17.2 Å². The first-order chi connectivity index (χ1) is 16.2. The first kappa shape index (κ1) is 20.8. The minimum atomic E-state index is -1.98. The lowest BCUT2D eigenvalue weighted by molar-refractivity contribution is -0.172. The standard InChI is InChI=1S/C24H19FN2O7/c1-2-24(33)14-5-17-19-12(7-27(17)21(29)13(14)8-34-23(24)32)10-3-9(22(30)31)4-11-18(10)16(26-19)6-15(25)20(11)28/h5-6,9,28,33H,2-4,7-8H2,1H3,(H,30,31)/t9?,24-/m0/s1. The summed E-state index contributed by atoms with van der Waals surface area (Å²) < 4.78 is 21.1. The van der Waals surface area contributed by atoms with Crippen LogP contribution in [0.1, 0.15) is 41.2 Å². The van der Waals surface area contributed by atoms with Gasteiger partial charge in [-0.25, -0.2) is 14.2 Å². The summed E-state index contributed by atoms with van der Waals surface area (Å²) in [5.74, 6) is -4.28. The van der Waals surface area contributed by atoms with Crippen molar-refractivity contribution < 1.29 is 34.0 Å². The first-order valence-corrected chi connectivity index (χ1v) is 10.9. The van der Waals surface area contributed by atoms with Gasteiger partial charge in [0.25, 0.3) is 5.56 Å². The molecule has 2 aliphatic heterocycles. The van der Waals surface area contributed by atoms with Gasteiger partial charge in [-0.1, -0.05) is 6.92 Å². The van der Waals surface area contributed by atoms with Crippen LogP contribution in [0.2, 0.25) is 0 Å². The van der Waals surface area contributed by atoms with Gasteiger partial charge in [0.05, 0.1) is 34.9 Å². The number of rotatable bonds is 2. The fourth-order valence-electron chi connectivity index (χ4n) is 5.54. The molecule has 3 aromatic rings. The second-order valence-electron chi connectivity index (χ2n) is 9.04. The topological polar surface area (TPSA) is 139 Å². The van der Waals surface area contributed by atoms with Gasteiger partial charge < -0.3 is 24.6 Å². The van der Waals surface area contributed by atoms with E-state index in [-0.39, 0.29) is 54.6 Å². The predicted octanol–water partition coefficient (Wildman–Crippen LogP) is 1.72. The number of carbonyl (C=O) groups excluding carboxylic acids is 1. The lowest BCUT2D eigenvalue weighted by Gasteiger charge is -2.31. The fourth-order valence-corrected chi connectivity index (χ4v) is 5.54. The summed E-state index contributed by atoms with van der Waals surface area (Å²) in [6.07, 6.45) is 0.101. The summed E-state index contributed by atoms with van der Waals surface area (Å²) in [7, 11) is 0. The van der Waals surface area contributed by atoms with E-state index in [1.807, 2.05) is 0 Å². The summed E-state index contributed by atoms with van der Waals surface area (Å²) in [6, 6.07) is 2.64. The Bertz CT molecular complexity index is 1540. The average molecular weight is 466 g/mol. The van der Waals surface area contributed by atoms with Crippen LogP contribution in [0.3, 0.4) is 0 Å². The van der Waals surface area contributed by atoms with Gasteiger partial charge in [-0.15, -0.1) is 0 Å². The Morgan fingerprint density at radius 1 is 1.24 bits per heavy atom. The van der Waals surface area contributed by atoms with Crippen molar-refractivity contribution in [2.24, 2.45) is 5.92 Å². The van der Waals surface area contributed by atoms with Gasteiger partial charge >= 0.3 is 11.9 Å². The summed E-state index contributed by atoms with van der Waals surface area (Å²) in [4.78, 5) is 42.2. The van der Waals surface area contributed by atoms with E-state index in [4.69, 9.17) is 4.74 Å². The fraction of sp³-hybridized carbons (Fsp3) is 0.333. The second-order valence-corrected chi connectivity index (χ2v) is 9.04. The van der Waals surface area contributed by atoms with E-state index in [1.165, 1.54) is 4.57 Å². The smallest absolute Gasteiger partial charge is 0.343 e. The Labute approximate surface area is 191 Å². The zero-order valence-corrected chi connectivity index (χ0v) is 18.0. The van der Waals surface area contributed by atoms with Crippen molar-refractivity contribution in [3.8, 4) is 17.1 Å². The van der Waals surface area contributed by atoms with E-state index in [0.717, 1.165) is 6.07 Å². The van der Waals surface area contributed by atoms with Gasteiger partial charge in [-0.3, -0.25) is 9.59 Å². The largest absolute Gasteiger partial charge is 0.505 e. The van der Waals surface area contributed by atoms with Crippen LogP contribution in [0.5, 0.6) is 5.75 Å². The molecule has 1 unspecified atom stereocenters. The third-order valence-electron chi connectivity index (χ3n) is 7.37. The molecular weight excluding hydrogens is 447 g/mol. The van der Waals surface area contributed by atoms with E-state index in [1.54, 1.807) is 13.0 Å². The molecule has 0 saturated carbocycles. The molecule has 10 heteroatoms. The molecular formula is C24H19FN2O7. The van der Waals surface area contributed by atoms with Gasteiger partial charge in [0.2, 0.25) is 0 Å². The Balaban J connectivity index is 1.67. The Morgan fingerprint density at radius 2 is 1.97 bits per heavy atom. The third-order valence-corrected chi connectivity index (χ3v) is 7.37. The summed E-state index contributed by atoms with van der Waals surface area (Å²) in [5, 5.41) is 31.5. The normalized spacial score (nSPS) is 22.2.